The predicted molar refractivity (Wildman–Crippen MR) is 86.2 cm³/mol. The maximum atomic E-state index is 6.02. The van der Waals surface area contributed by atoms with Crippen LogP contribution in [-0.2, 0) is 7.05 Å². The molecule has 0 aliphatic carbocycles. The first-order chi connectivity index (χ1) is 10.1. The van der Waals surface area contributed by atoms with Gasteiger partial charge >= 0.3 is 0 Å². The summed E-state index contributed by atoms with van der Waals surface area (Å²) in [4.78, 5) is 4.38. The maximum absolute atomic E-state index is 6.02. The molecule has 1 aromatic carbocycles. The van der Waals surface area contributed by atoms with E-state index >= 15 is 0 Å². The lowest BCUT2D eigenvalue weighted by Gasteiger charge is -2.04. The third-order valence-electron chi connectivity index (χ3n) is 2.82. The smallest absolute Gasteiger partial charge is 0.279 e. The molecule has 108 valence electrons. The van der Waals surface area contributed by atoms with Gasteiger partial charge in [-0.3, -0.25) is 4.68 Å². The van der Waals surface area contributed by atoms with E-state index in [1.54, 1.807) is 30.0 Å². The molecule has 0 bridgehead atoms. The standard InChI is InChI=1S/C13H10ClIN4O2/c1-19-6-9(15)11(17-19)13-16-12(18-21-13)8-5-7(14)3-4-10(8)20-2/h3-6H,1-2H3. The Morgan fingerprint density at radius 2 is 2.19 bits per heavy atom. The van der Waals surface area contributed by atoms with E-state index in [1.807, 2.05) is 13.2 Å². The minimum atomic E-state index is 0.358. The van der Waals surface area contributed by atoms with E-state index in [-0.39, 0.29) is 0 Å². The van der Waals surface area contributed by atoms with Gasteiger partial charge in [-0.25, -0.2) is 0 Å². The quantitative estimate of drug-likeness (QED) is 0.612. The summed E-state index contributed by atoms with van der Waals surface area (Å²) in [6.07, 6.45) is 1.87. The van der Waals surface area contributed by atoms with Crippen LogP contribution in [0.2, 0.25) is 5.02 Å². The number of rotatable bonds is 3. The first-order valence-electron chi connectivity index (χ1n) is 5.95. The zero-order valence-electron chi connectivity index (χ0n) is 11.2. The summed E-state index contributed by atoms with van der Waals surface area (Å²) in [5, 5.41) is 8.86. The molecule has 2 aromatic heterocycles. The van der Waals surface area contributed by atoms with Crippen LogP contribution in [0.4, 0.5) is 0 Å². The SMILES string of the molecule is COc1ccc(Cl)cc1-c1noc(-c2nn(C)cc2I)n1. The molecular formula is C13H10ClIN4O2. The van der Waals surface area contributed by atoms with E-state index in [4.69, 9.17) is 20.9 Å². The topological polar surface area (TPSA) is 66.0 Å². The lowest BCUT2D eigenvalue weighted by atomic mass is 10.2. The van der Waals surface area contributed by atoms with E-state index < -0.39 is 0 Å². The van der Waals surface area contributed by atoms with E-state index in [0.717, 1.165) is 3.57 Å². The Bertz CT molecular complexity index is 799. The average molecular weight is 417 g/mol. The third-order valence-corrected chi connectivity index (χ3v) is 3.84. The minimum absolute atomic E-state index is 0.358. The minimum Gasteiger partial charge on any atom is -0.496 e. The van der Waals surface area contributed by atoms with Gasteiger partial charge in [0.2, 0.25) is 5.82 Å². The van der Waals surface area contributed by atoms with E-state index in [9.17, 15) is 0 Å². The highest BCUT2D eigenvalue weighted by Gasteiger charge is 2.18. The highest BCUT2D eigenvalue weighted by molar-refractivity contribution is 14.1. The lowest BCUT2D eigenvalue weighted by molar-refractivity contribution is 0.413. The van der Waals surface area contributed by atoms with Gasteiger partial charge in [0.1, 0.15) is 5.75 Å². The fraction of sp³-hybridized carbons (Fsp3) is 0.154. The number of halogens is 2. The lowest BCUT2D eigenvalue weighted by Crippen LogP contribution is -1.90. The molecule has 3 aromatic rings. The zero-order chi connectivity index (χ0) is 15.0. The molecule has 6 nitrogen and oxygen atoms in total. The zero-order valence-corrected chi connectivity index (χ0v) is 14.1. The average Bonchev–Trinajstić information content (AvgIpc) is 3.05. The summed E-state index contributed by atoms with van der Waals surface area (Å²) < 4.78 is 13.2. The molecule has 0 aliphatic heterocycles. The number of methoxy groups -OCH3 is 1. The fourth-order valence-electron chi connectivity index (χ4n) is 1.89. The van der Waals surface area contributed by atoms with Crippen LogP contribution in [-0.4, -0.2) is 27.0 Å². The van der Waals surface area contributed by atoms with Crippen LogP contribution in [0.5, 0.6) is 5.75 Å². The monoisotopic (exact) mass is 416 g/mol. The van der Waals surface area contributed by atoms with Crippen LogP contribution < -0.4 is 4.74 Å². The van der Waals surface area contributed by atoms with Crippen LogP contribution in [0.15, 0.2) is 28.9 Å². The molecule has 0 saturated heterocycles. The van der Waals surface area contributed by atoms with Crippen molar-refractivity contribution in [3.63, 3.8) is 0 Å². The van der Waals surface area contributed by atoms with Gasteiger partial charge in [-0.05, 0) is 40.8 Å². The van der Waals surface area contributed by atoms with Gasteiger partial charge in [-0.1, -0.05) is 16.8 Å². The Kier molecular flexibility index (Phi) is 3.85. The van der Waals surface area contributed by atoms with Crippen molar-refractivity contribution in [1.29, 1.82) is 0 Å². The van der Waals surface area contributed by atoms with Crippen molar-refractivity contribution < 1.29 is 9.26 Å². The molecule has 3 rings (SSSR count). The summed E-state index contributed by atoms with van der Waals surface area (Å²) in [5.41, 5.74) is 1.32. The largest absolute Gasteiger partial charge is 0.496 e. The molecule has 0 saturated carbocycles. The number of aryl methyl sites for hydroxylation is 1. The molecule has 0 spiro atoms. The molecule has 0 aliphatic rings. The van der Waals surface area contributed by atoms with Crippen molar-refractivity contribution in [1.82, 2.24) is 19.9 Å². The van der Waals surface area contributed by atoms with E-state index in [2.05, 4.69) is 37.8 Å². The predicted octanol–water partition coefficient (Wildman–Crippen LogP) is 3.40. The third kappa shape index (κ3) is 2.75. The first-order valence-corrected chi connectivity index (χ1v) is 7.41. The first kappa shape index (κ1) is 14.3. The summed E-state index contributed by atoms with van der Waals surface area (Å²) in [7, 11) is 3.42. The van der Waals surface area contributed by atoms with Crippen molar-refractivity contribution in [2.45, 2.75) is 0 Å². The fourth-order valence-corrected chi connectivity index (χ4v) is 2.80. The molecule has 0 radical (unpaired) electrons. The number of hydrogen-bond acceptors (Lipinski definition) is 5. The molecule has 0 N–H and O–H groups in total. The summed E-state index contributed by atoms with van der Waals surface area (Å²) in [6, 6.07) is 5.24. The Morgan fingerprint density at radius 1 is 1.38 bits per heavy atom. The van der Waals surface area contributed by atoms with Crippen molar-refractivity contribution >= 4 is 34.2 Å². The van der Waals surface area contributed by atoms with Crippen LogP contribution >= 0.6 is 34.2 Å². The number of hydrogen-bond donors (Lipinski definition) is 0. The van der Waals surface area contributed by atoms with Crippen molar-refractivity contribution in [2.75, 3.05) is 7.11 Å². The number of benzene rings is 1. The van der Waals surface area contributed by atoms with Crippen LogP contribution in [0.3, 0.4) is 0 Å². The molecule has 0 unspecified atom stereocenters. The maximum Gasteiger partial charge on any atom is 0.279 e. The second-order valence-electron chi connectivity index (χ2n) is 4.27. The van der Waals surface area contributed by atoms with Crippen LogP contribution in [0.1, 0.15) is 0 Å². The van der Waals surface area contributed by atoms with Gasteiger partial charge in [0.15, 0.2) is 5.69 Å². The van der Waals surface area contributed by atoms with Gasteiger partial charge in [0.25, 0.3) is 5.89 Å². The molecule has 0 atom stereocenters. The Balaban J connectivity index is 2.06. The summed E-state index contributed by atoms with van der Waals surface area (Å²) in [6.45, 7) is 0. The Morgan fingerprint density at radius 3 is 2.86 bits per heavy atom. The van der Waals surface area contributed by atoms with Gasteiger partial charge in [-0.2, -0.15) is 10.1 Å². The number of aromatic nitrogens is 4. The van der Waals surface area contributed by atoms with Gasteiger partial charge in [-0.15, -0.1) is 0 Å². The number of ether oxygens (including phenoxy) is 1. The van der Waals surface area contributed by atoms with E-state index in [1.165, 1.54) is 0 Å². The van der Waals surface area contributed by atoms with Crippen molar-refractivity contribution in [3.8, 4) is 28.7 Å². The second kappa shape index (κ2) is 5.64. The Hall–Kier alpha value is -1.61. The highest BCUT2D eigenvalue weighted by Crippen LogP contribution is 2.32. The highest BCUT2D eigenvalue weighted by atomic mass is 127. The van der Waals surface area contributed by atoms with Gasteiger partial charge in [0.05, 0.1) is 16.2 Å². The van der Waals surface area contributed by atoms with Crippen molar-refractivity contribution in [2.24, 2.45) is 7.05 Å². The molecule has 0 fully saturated rings. The molecule has 0 amide bonds. The van der Waals surface area contributed by atoms with Crippen molar-refractivity contribution in [3.05, 3.63) is 33.0 Å². The van der Waals surface area contributed by atoms with Gasteiger partial charge < -0.3 is 9.26 Å². The van der Waals surface area contributed by atoms with Crippen LogP contribution in [0, 0.1) is 3.57 Å². The summed E-state index contributed by atoms with van der Waals surface area (Å²) in [5.74, 6) is 1.39. The normalized spacial score (nSPS) is 10.9. The van der Waals surface area contributed by atoms with Gasteiger partial charge in [0, 0.05) is 18.3 Å². The molecule has 8 heteroatoms. The summed E-state index contributed by atoms with van der Waals surface area (Å²) >= 11 is 8.19. The molecular weight excluding hydrogens is 407 g/mol. The molecule has 21 heavy (non-hydrogen) atoms. The van der Waals surface area contributed by atoms with Crippen LogP contribution in [0.25, 0.3) is 23.0 Å². The second-order valence-corrected chi connectivity index (χ2v) is 5.87. The molecule has 2 heterocycles. The number of nitrogens with zero attached hydrogens (tertiary/aromatic N) is 4. The van der Waals surface area contributed by atoms with E-state index in [0.29, 0.717) is 33.7 Å². The Labute approximate surface area is 139 Å².